The lowest BCUT2D eigenvalue weighted by Gasteiger charge is -2.25. The van der Waals surface area contributed by atoms with Crippen molar-refractivity contribution in [1.29, 1.82) is 0 Å². The average molecular weight is 507 g/mol. The Balaban J connectivity index is 1.46. The van der Waals surface area contributed by atoms with Crippen LogP contribution in [-0.4, -0.2) is 30.4 Å². The van der Waals surface area contributed by atoms with Gasteiger partial charge in [0.1, 0.15) is 11.6 Å². The molecule has 0 unspecified atom stereocenters. The summed E-state index contributed by atoms with van der Waals surface area (Å²) >= 11 is 0. The van der Waals surface area contributed by atoms with E-state index in [0.717, 1.165) is 28.6 Å². The van der Waals surface area contributed by atoms with Crippen LogP contribution in [0.5, 0.6) is 0 Å². The number of amides is 1. The maximum atomic E-state index is 13.1. The first kappa shape index (κ1) is 24.6. The van der Waals surface area contributed by atoms with Gasteiger partial charge in [0.2, 0.25) is 5.91 Å². The number of alkyl halides is 3. The van der Waals surface area contributed by atoms with Crippen LogP contribution in [0.1, 0.15) is 55.2 Å². The van der Waals surface area contributed by atoms with E-state index in [1.54, 1.807) is 41.6 Å². The van der Waals surface area contributed by atoms with Gasteiger partial charge in [0.05, 0.1) is 18.2 Å². The lowest BCUT2D eigenvalue weighted by Crippen LogP contribution is -2.30. The van der Waals surface area contributed by atoms with Gasteiger partial charge in [0.15, 0.2) is 11.5 Å². The average Bonchev–Trinajstić information content (AvgIpc) is 3.42. The summed E-state index contributed by atoms with van der Waals surface area (Å²) in [4.78, 5) is 32.2. The summed E-state index contributed by atoms with van der Waals surface area (Å²) in [5, 5.41) is 0. The Labute approximate surface area is 212 Å². The monoisotopic (exact) mass is 506 g/mol. The summed E-state index contributed by atoms with van der Waals surface area (Å²) in [5.74, 6) is 1.36. The van der Waals surface area contributed by atoms with E-state index in [4.69, 9.17) is 4.98 Å². The number of carbonyl (C=O) groups is 1. The van der Waals surface area contributed by atoms with Crippen LogP contribution in [0.4, 0.5) is 19.0 Å². The summed E-state index contributed by atoms with van der Waals surface area (Å²) in [5.41, 5.74) is 2.88. The van der Waals surface area contributed by atoms with E-state index in [0.29, 0.717) is 17.2 Å². The van der Waals surface area contributed by atoms with E-state index in [-0.39, 0.29) is 30.1 Å². The molecule has 0 fully saturated rings. The van der Waals surface area contributed by atoms with Gasteiger partial charge in [-0.2, -0.15) is 13.2 Å². The number of hydrogen-bond donors (Lipinski definition) is 0. The highest BCUT2D eigenvalue weighted by Crippen LogP contribution is 2.37. The number of carbonyl (C=O) groups excluding carboxylic acids is 1. The third kappa shape index (κ3) is 4.47. The van der Waals surface area contributed by atoms with Crippen LogP contribution in [0.2, 0.25) is 0 Å². The largest absolute Gasteiger partial charge is 0.434 e. The summed E-state index contributed by atoms with van der Waals surface area (Å²) in [6.45, 7) is 6.00. The zero-order valence-electron chi connectivity index (χ0n) is 20.8. The van der Waals surface area contributed by atoms with Crippen molar-refractivity contribution in [2.24, 2.45) is 7.05 Å². The van der Waals surface area contributed by atoms with E-state index in [1.165, 1.54) is 11.6 Å². The molecule has 0 bridgehead atoms. The third-order valence-electron chi connectivity index (χ3n) is 6.51. The molecule has 5 rings (SSSR count). The molecular formula is C27H25F3N6O. The zero-order chi connectivity index (χ0) is 26.5. The Kier molecular flexibility index (Phi) is 6.05. The van der Waals surface area contributed by atoms with Gasteiger partial charge in [-0.05, 0) is 30.5 Å². The third-order valence-corrected chi connectivity index (χ3v) is 6.51. The van der Waals surface area contributed by atoms with Crippen molar-refractivity contribution in [1.82, 2.24) is 24.5 Å². The number of imidazole rings is 1. The van der Waals surface area contributed by atoms with Crippen LogP contribution < -0.4 is 4.90 Å². The van der Waals surface area contributed by atoms with Crippen LogP contribution >= 0.6 is 0 Å². The Morgan fingerprint density at radius 1 is 1.00 bits per heavy atom. The Hall–Kier alpha value is -4.08. The number of anilines is 1. The fourth-order valence-electron chi connectivity index (χ4n) is 4.62. The highest BCUT2D eigenvalue weighted by atomic mass is 19.4. The quantitative estimate of drug-likeness (QED) is 0.345. The zero-order valence-corrected chi connectivity index (χ0v) is 20.8. The highest BCUT2D eigenvalue weighted by molar-refractivity contribution is 6.01. The van der Waals surface area contributed by atoms with Crippen LogP contribution in [0, 0.1) is 0 Å². The molecule has 10 heteroatoms. The van der Waals surface area contributed by atoms with Gasteiger partial charge in [0.25, 0.3) is 0 Å². The van der Waals surface area contributed by atoms with Crippen molar-refractivity contribution in [3.63, 3.8) is 0 Å². The number of aryl methyl sites for hydroxylation is 1. The lowest BCUT2D eigenvalue weighted by atomic mass is 10.0. The minimum Gasteiger partial charge on any atom is -0.333 e. The molecule has 4 heterocycles. The van der Waals surface area contributed by atoms with Gasteiger partial charge < -0.3 is 4.57 Å². The number of aromatic nitrogens is 5. The van der Waals surface area contributed by atoms with E-state index in [1.807, 2.05) is 19.1 Å². The first-order valence-corrected chi connectivity index (χ1v) is 11.9. The molecule has 37 heavy (non-hydrogen) atoms. The van der Waals surface area contributed by atoms with Crippen molar-refractivity contribution in [3.8, 4) is 22.8 Å². The first-order chi connectivity index (χ1) is 17.5. The van der Waals surface area contributed by atoms with Gasteiger partial charge in [0, 0.05) is 42.3 Å². The van der Waals surface area contributed by atoms with Crippen LogP contribution in [-0.2, 0) is 24.4 Å². The molecule has 0 N–H and O–H groups in total. The van der Waals surface area contributed by atoms with Gasteiger partial charge in [-0.1, -0.05) is 38.1 Å². The molecule has 0 saturated heterocycles. The van der Waals surface area contributed by atoms with Crippen LogP contribution in [0.3, 0.4) is 0 Å². The second-order valence-corrected chi connectivity index (χ2v) is 9.43. The molecule has 3 aromatic heterocycles. The van der Waals surface area contributed by atoms with Crippen molar-refractivity contribution in [2.45, 2.75) is 45.3 Å². The second kappa shape index (κ2) is 9.10. The fraction of sp³-hybridized carbons (Fsp3) is 0.296. The fourth-order valence-corrected chi connectivity index (χ4v) is 4.62. The second-order valence-electron chi connectivity index (χ2n) is 9.43. The molecule has 4 aromatic rings. The molecule has 1 aliphatic heterocycles. The molecule has 0 aliphatic carbocycles. The number of pyridine rings is 1. The van der Waals surface area contributed by atoms with E-state index < -0.39 is 11.9 Å². The van der Waals surface area contributed by atoms with Crippen LogP contribution in [0.25, 0.3) is 22.8 Å². The molecule has 0 spiro atoms. The molecule has 190 valence electrons. The van der Waals surface area contributed by atoms with Gasteiger partial charge in [-0.3, -0.25) is 14.7 Å². The Morgan fingerprint density at radius 2 is 1.73 bits per heavy atom. The number of nitrogens with zero attached hydrogens (tertiary/aromatic N) is 6. The van der Waals surface area contributed by atoms with Crippen LogP contribution in [0.15, 0.2) is 55.0 Å². The topological polar surface area (TPSA) is 76.8 Å². The van der Waals surface area contributed by atoms with Gasteiger partial charge in [-0.15, -0.1) is 0 Å². The highest BCUT2D eigenvalue weighted by Gasteiger charge is 2.35. The smallest absolute Gasteiger partial charge is 0.333 e. The van der Waals surface area contributed by atoms with Gasteiger partial charge in [-0.25, -0.2) is 15.0 Å². The van der Waals surface area contributed by atoms with Crippen molar-refractivity contribution < 1.29 is 18.0 Å². The first-order valence-electron chi connectivity index (χ1n) is 11.9. The molecule has 1 aromatic carbocycles. The predicted molar refractivity (Wildman–Crippen MR) is 133 cm³/mol. The number of fused-ring (bicyclic) bond motifs is 1. The molecule has 0 saturated carbocycles. The summed E-state index contributed by atoms with van der Waals surface area (Å²) < 4.78 is 40.6. The maximum absolute atomic E-state index is 13.1. The Morgan fingerprint density at radius 3 is 2.38 bits per heavy atom. The van der Waals surface area contributed by atoms with Crippen molar-refractivity contribution >= 4 is 11.7 Å². The van der Waals surface area contributed by atoms with E-state index in [2.05, 4.69) is 28.8 Å². The standard InChI is InChI=1S/C27H25F3N6O/c1-15(2)23-20(6-5-11-31-23)24-32-13-19-12-22(37)36(26(19)34-24)16(3)17-7-9-18(10-8-17)25-33-21(14-35(25)4)27(28,29)30/h5-11,13-16H,12H2,1-4H3/t16-/m0/s1. The number of halogens is 3. The summed E-state index contributed by atoms with van der Waals surface area (Å²) in [6.07, 6.45) is 0.0937. The predicted octanol–water partition coefficient (Wildman–Crippen LogP) is 5.73. The van der Waals surface area contributed by atoms with Gasteiger partial charge >= 0.3 is 6.18 Å². The molecule has 1 amide bonds. The number of benzene rings is 1. The number of hydrogen-bond acceptors (Lipinski definition) is 5. The summed E-state index contributed by atoms with van der Waals surface area (Å²) in [6, 6.07) is 10.4. The minimum absolute atomic E-state index is 0.0905. The molecule has 1 aliphatic rings. The van der Waals surface area contributed by atoms with E-state index in [9.17, 15) is 18.0 Å². The molecule has 1 atom stereocenters. The normalized spacial score (nSPS) is 14.4. The SMILES string of the molecule is CC(C)c1ncccc1-c1ncc2c(n1)N([C@@H](C)c1ccc(-c3nc(C(F)(F)F)cn3C)cc1)C(=O)C2. The molecular weight excluding hydrogens is 481 g/mol. The summed E-state index contributed by atoms with van der Waals surface area (Å²) in [7, 11) is 1.53. The lowest BCUT2D eigenvalue weighted by molar-refractivity contribution is -0.140. The minimum atomic E-state index is -4.51. The number of rotatable bonds is 5. The molecule has 0 radical (unpaired) electrons. The maximum Gasteiger partial charge on any atom is 0.434 e. The molecule has 7 nitrogen and oxygen atoms in total. The van der Waals surface area contributed by atoms with Crippen molar-refractivity contribution in [3.05, 3.63) is 77.5 Å². The Bertz CT molecular complexity index is 1480. The van der Waals surface area contributed by atoms with Crippen molar-refractivity contribution in [2.75, 3.05) is 4.90 Å². The van der Waals surface area contributed by atoms with E-state index >= 15 is 0 Å².